The minimum absolute atomic E-state index is 0.262. The van der Waals surface area contributed by atoms with Crippen molar-refractivity contribution in [2.75, 3.05) is 13.6 Å². The van der Waals surface area contributed by atoms with E-state index in [-0.39, 0.29) is 11.3 Å². The van der Waals surface area contributed by atoms with Crippen molar-refractivity contribution in [2.45, 2.75) is 17.7 Å². The molecule has 2 rings (SSSR count). The zero-order valence-corrected chi connectivity index (χ0v) is 13.3. The van der Waals surface area contributed by atoms with Crippen LogP contribution in [0.2, 0.25) is 0 Å². The third-order valence-electron chi connectivity index (χ3n) is 3.17. The number of hydrogen-bond donors (Lipinski definition) is 0. The molecule has 0 bridgehead atoms. The maximum Gasteiger partial charge on any atom is 0.242 e. The van der Waals surface area contributed by atoms with Crippen molar-refractivity contribution in [3.8, 4) is 6.07 Å². The molecule has 0 aliphatic carbocycles. The van der Waals surface area contributed by atoms with Crippen LogP contribution in [0, 0.1) is 11.3 Å². The van der Waals surface area contributed by atoms with Crippen LogP contribution in [0.15, 0.2) is 46.7 Å². The highest BCUT2D eigenvalue weighted by Gasteiger charge is 2.20. The second-order valence-corrected chi connectivity index (χ2v) is 7.71. The monoisotopic (exact) mass is 320 g/mol. The molecule has 4 nitrogen and oxygen atoms in total. The molecule has 6 heteroatoms. The Morgan fingerprint density at radius 3 is 2.52 bits per heavy atom. The Kier molecular flexibility index (Phi) is 5.12. The second kappa shape index (κ2) is 6.85. The summed E-state index contributed by atoms with van der Waals surface area (Å²) in [6.07, 6.45) is 0.995. The molecule has 110 valence electrons. The lowest BCUT2D eigenvalue weighted by Crippen LogP contribution is -2.28. The molecule has 0 aliphatic heterocycles. The molecule has 0 amide bonds. The summed E-state index contributed by atoms with van der Waals surface area (Å²) in [5.74, 6) is 0. The smallest absolute Gasteiger partial charge is 0.207 e. The molecule has 0 fully saturated rings. The molecule has 0 radical (unpaired) electrons. The van der Waals surface area contributed by atoms with Gasteiger partial charge in [-0.05, 0) is 35.6 Å². The van der Waals surface area contributed by atoms with Gasteiger partial charge in [0.15, 0.2) is 0 Å². The molecule has 0 spiro atoms. The molecule has 0 aliphatic rings. The molecule has 0 unspecified atom stereocenters. The molecule has 1 heterocycles. The Bertz CT molecular complexity index is 714. The van der Waals surface area contributed by atoms with Crippen molar-refractivity contribution in [3.05, 3.63) is 52.2 Å². The Morgan fingerprint density at radius 2 is 1.95 bits per heavy atom. The van der Waals surface area contributed by atoms with E-state index in [9.17, 15) is 8.42 Å². The summed E-state index contributed by atoms with van der Waals surface area (Å²) in [5.41, 5.74) is 0.817. The number of thiophene rings is 1. The zero-order chi connectivity index (χ0) is 15.3. The minimum Gasteiger partial charge on any atom is -0.207 e. The first-order valence-electron chi connectivity index (χ1n) is 6.48. The SMILES string of the molecule is CN(CCc1cccs1)S(=O)(=O)c1ccc(CC#N)cc1. The molecule has 0 saturated heterocycles. The molecule has 21 heavy (non-hydrogen) atoms. The zero-order valence-electron chi connectivity index (χ0n) is 11.7. The number of sulfonamides is 1. The molecule has 1 aromatic heterocycles. The van der Waals surface area contributed by atoms with E-state index >= 15 is 0 Å². The van der Waals surface area contributed by atoms with E-state index in [1.54, 1.807) is 42.6 Å². The Labute approximate surface area is 129 Å². The highest BCUT2D eigenvalue weighted by Crippen LogP contribution is 2.17. The standard InChI is InChI=1S/C15H16N2O2S2/c1-17(11-9-14-3-2-12-20-14)21(18,19)15-6-4-13(5-7-15)8-10-16/h2-7,12H,8-9,11H2,1H3. The van der Waals surface area contributed by atoms with Gasteiger partial charge in [-0.2, -0.15) is 5.26 Å². The average molecular weight is 320 g/mol. The summed E-state index contributed by atoms with van der Waals surface area (Å²) >= 11 is 1.63. The number of likely N-dealkylation sites (N-methyl/N-ethyl adjacent to an activating group) is 1. The van der Waals surface area contributed by atoms with Crippen molar-refractivity contribution in [2.24, 2.45) is 0 Å². The average Bonchev–Trinajstić information content (AvgIpc) is 2.99. The van der Waals surface area contributed by atoms with Gasteiger partial charge in [0.25, 0.3) is 0 Å². The van der Waals surface area contributed by atoms with Gasteiger partial charge < -0.3 is 0 Å². The molecule has 0 N–H and O–H groups in total. The van der Waals surface area contributed by atoms with Crippen LogP contribution in [0.4, 0.5) is 0 Å². The van der Waals surface area contributed by atoms with Crippen LogP contribution in [-0.2, 0) is 22.9 Å². The predicted molar refractivity (Wildman–Crippen MR) is 83.6 cm³/mol. The van der Waals surface area contributed by atoms with E-state index in [0.717, 1.165) is 5.56 Å². The number of nitrogens with zero attached hydrogens (tertiary/aromatic N) is 2. The van der Waals surface area contributed by atoms with Crippen molar-refractivity contribution in [1.29, 1.82) is 5.26 Å². The van der Waals surface area contributed by atoms with Crippen LogP contribution in [0.5, 0.6) is 0 Å². The fourth-order valence-electron chi connectivity index (χ4n) is 1.89. The summed E-state index contributed by atoms with van der Waals surface area (Å²) in [7, 11) is -1.88. The maximum absolute atomic E-state index is 12.4. The summed E-state index contributed by atoms with van der Waals surface area (Å²) in [6.45, 7) is 0.447. The van der Waals surface area contributed by atoms with Gasteiger partial charge in [0.1, 0.15) is 0 Å². The molecule has 1 aromatic carbocycles. The van der Waals surface area contributed by atoms with E-state index < -0.39 is 10.0 Å². The lowest BCUT2D eigenvalue weighted by atomic mass is 10.2. The van der Waals surface area contributed by atoms with Gasteiger partial charge in [-0.15, -0.1) is 11.3 Å². The van der Waals surface area contributed by atoms with Crippen LogP contribution in [0.3, 0.4) is 0 Å². The number of hydrogen-bond acceptors (Lipinski definition) is 4. The second-order valence-electron chi connectivity index (χ2n) is 4.63. The van der Waals surface area contributed by atoms with Crippen molar-refractivity contribution >= 4 is 21.4 Å². The topological polar surface area (TPSA) is 61.2 Å². The van der Waals surface area contributed by atoms with Gasteiger partial charge >= 0.3 is 0 Å². The summed E-state index contributed by atoms with van der Waals surface area (Å²) < 4.78 is 26.2. The van der Waals surface area contributed by atoms with Crippen molar-refractivity contribution < 1.29 is 8.42 Å². The van der Waals surface area contributed by atoms with Crippen LogP contribution in [-0.4, -0.2) is 26.3 Å². The third kappa shape index (κ3) is 3.91. The first kappa shape index (κ1) is 15.7. The highest BCUT2D eigenvalue weighted by atomic mass is 32.2. The normalized spacial score (nSPS) is 11.5. The van der Waals surface area contributed by atoms with Gasteiger partial charge in [0.05, 0.1) is 17.4 Å². The van der Waals surface area contributed by atoms with Crippen molar-refractivity contribution in [3.63, 3.8) is 0 Å². The summed E-state index contributed by atoms with van der Waals surface area (Å²) in [4.78, 5) is 1.43. The molecule has 0 atom stereocenters. The van der Waals surface area contributed by atoms with Crippen molar-refractivity contribution in [1.82, 2.24) is 4.31 Å². The van der Waals surface area contributed by atoms with Crippen LogP contribution in [0.25, 0.3) is 0 Å². The Hall–Kier alpha value is -1.68. The number of benzene rings is 1. The Balaban J connectivity index is 2.07. The molecular formula is C15H16N2O2S2. The lowest BCUT2D eigenvalue weighted by Gasteiger charge is -2.17. The van der Waals surface area contributed by atoms with E-state index in [1.165, 1.54) is 9.18 Å². The molecule has 2 aromatic rings. The van der Waals surface area contributed by atoms with Crippen LogP contribution < -0.4 is 0 Å². The van der Waals surface area contributed by atoms with Gasteiger partial charge in [-0.1, -0.05) is 18.2 Å². The van der Waals surface area contributed by atoms with Gasteiger partial charge in [0, 0.05) is 18.5 Å². The van der Waals surface area contributed by atoms with E-state index in [4.69, 9.17) is 5.26 Å². The third-order valence-corrected chi connectivity index (χ3v) is 5.98. The maximum atomic E-state index is 12.4. The quantitative estimate of drug-likeness (QED) is 0.822. The number of nitriles is 1. The largest absolute Gasteiger partial charge is 0.242 e. The van der Waals surface area contributed by atoms with Gasteiger partial charge in [0.2, 0.25) is 10.0 Å². The first-order valence-corrected chi connectivity index (χ1v) is 8.80. The summed E-state index contributed by atoms with van der Waals surface area (Å²) in [6, 6.07) is 12.5. The van der Waals surface area contributed by atoms with E-state index in [1.807, 2.05) is 23.6 Å². The van der Waals surface area contributed by atoms with E-state index in [2.05, 4.69) is 0 Å². The fraction of sp³-hybridized carbons (Fsp3) is 0.267. The summed E-state index contributed by atoms with van der Waals surface area (Å²) in [5, 5.41) is 10.6. The predicted octanol–water partition coefficient (Wildman–Crippen LogP) is 2.68. The van der Waals surface area contributed by atoms with E-state index in [0.29, 0.717) is 13.0 Å². The van der Waals surface area contributed by atoms with Crippen LogP contribution in [0.1, 0.15) is 10.4 Å². The van der Waals surface area contributed by atoms with Gasteiger partial charge in [-0.3, -0.25) is 0 Å². The molecular weight excluding hydrogens is 304 g/mol. The number of rotatable bonds is 6. The first-order chi connectivity index (χ1) is 10.0. The fourth-order valence-corrected chi connectivity index (χ4v) is 3.76. The minimum atomic E-state index is -3.47. The lowest BCUT2D eigenvalue weighted by molar-refractivity contribution is 0.473. The van der Waals surface area contributed by atoms with Crippen LogP contribution >= 0.6 is 11.3 Å². The Morgan fingerprint density at radius 1 is 1.24 bits per heavy atom. The highest BCUT2D eigenvalue weighted by molar-refractivity contribution is 7.89. The van der Waals surface area contributed by atoms with Gasteiger partial charge in [-0.25, -0.2) is 12.7 Å². The molecule has 0 saturated carbocycles.